The first-order chi connectivity index (χ1) is 13.6. The Labute approximate surface area is 164 Å². The molecule has 0 aliphatic heterocycles. The number of fused-ring (bicyclic) bond motifs is 1. The summed E-state index contributed by atoms with van der Waals surface area (Å²) in [5.41, 5.74) is 0.834. The maximum Gasteiger partial charge on any atom is 0.353 e. The van der Waals surface area contributed by atoms with E-state index < -0.39 is 0 Å². The summed E-state index contributed by atoms with van der Waals surface area (Å²) >= 11 is 0. The standard InChI is InChI=1S/C21H25N5O2/c1-4-6-14-24(3)20-19(26(27)28)21(23-15-22-20)25(5-2)18-13-9-11-16-10-7-8-12-17(16)18/h7-13,15H,4-6,14H2,1-3H3. The summed E-state index contributed by atoms with van der Waals surface area (Å²) in [5.74, 6) is 0.666. The molecule has 3 rings (SSSR count). The Hall–Kier alpha value is -3.22. The molecule has 0 amide bonds. The Kier molecular flexibility index (Phi) is 6.03. The highest BCUT2D eigenvalue weighted by atomic mass is 16.6. The van der Waals surface area contributed by atoms with Gasteiger partial charge in [0.2, 0.25) is 11.6 Å². The van der Waals surface area contributed by atoms with Gasteiger partial charge in [0.25, 0.3) is 0 Å². The van der Waals surface area contributed by atoms with Crippen LogP contribution in [0.2, 0.25) is 0 Å². The van der Waals surface area contributed by atoms with E-state index in [9.17, 15) is 10.1 Å². The summed E-state index contributed by atoms with van der Waals surface area (Å²) in [7, 11) is 1.84. The first-order valence-corrected chi connectivity index (χ1v) is 9.54. The number of nitro groups is 1. The molecule has 2 aromatic carbocycles. The zero-order valence-electron chi connectivity index (χ0n) is 16.5. The quantitative estimate of drug-likeness (QED) is 0.408. The Morgan fingerprint density at radius 3 is 2.46 bits per heavy atom. The average Bonchev–Trinajstić information content (AvgIpc) is 2.72. The molecule has 0 unspecified atom stereocenters. The van der Waals surface area contributed by atoms with Crippen LogP contribution in [0.15, 0.2) is 48.8 Å². The Morgan fingerprint density at radius 2 is 1.75 bits per heavy atom. The highest BCUT2D eigenvalue weighted by molar-refractivity contribution is 5.96. The number of hydrogen-bond acceptors (Lipinski definition) is 6. The van der Waals surface area contributed by atoms with E-state index in [4.69, 9.17) is 0 Å². The fourth-order valence-corrected chi connectivity index (χ4v) is 3.38. The van der Waals surface area contributed by atoms with Crippen molar-refractivity contribution in [3.05, 3.63) is 58.9 Å². The third kappa shape index (κ3) is 3.74. The lowest BCUT2D eigenvalue weighted by Gasteiger charge is -2.25. The van der Waals surface area contributed by atoms with Gasteiger partial charge in [-0.2, -0.15) is 0 Å². The molecular weight excluding hydrogens is 354 g/mol. The van der Waals surface area contributed by atoms with Crippen LogP contribution in [-0.4, -0.2) is 35.0 Å². The second kappa shape index (κ2) is 8.65. The molecule has 0 saturated carbocycles. The van der Waals surface area contributed by atoms with Crippen LogP contribution in [0.4, 0.5) is 23.0 Å². The lowest BCUT2D eigenvalue weighted by molar-refractivity contribution is -0.383. The fraction of sp³-hybridized carbons (Fsp3) is 0.333. The van der Waals surface area contributed by atoms with Gasteiger partial charge in [-0.1, -0.05) is 49.7 Å². The number of anilines is 3. The summed E-state index contributed by atoms with van der Waals surface area (Å²) in [6, 6.07) is 14.0. The maximum atomic E-state index is 12.0. The molecule has 1 heterocycles. The monoisotopic (exact) mass is 379 g/mol. The molecule has 1 aromatic heterocycles. The Balaban J connectivity index is 2.16. The third-order valence-electron chi connectivity index (χ3n) is 4.80. The highest BCUT2D eigenvalue weighted by Crippen LogP contribution is 2.39. The minimum absolute atomic E-state index is 0.0594. The molecular formula is C21H25N5O2. The van der Waals surface area contributed by atoms with Crippen LogP contribution in [0.5, 0.6) is 0 Å². The molecule has 7 nitrogen and oxygen atoms in total. The van der Waals surface area contributed by atoms with Gasteiger partial charge in [-0.15, -0.1) is 0 Å². The molecule has 28 heavy (non-hydrogen) atoms. The van der Waals surface area contributed by atoms with E-state index in [1.165, 1.54) is 6.33 Å². The second-order valence-corrected chi connectivity index (χ2v) is 6.64. The highest BCUT2D eigenvalue weighted by Gasteiger charge is 2.29. The van der Waals surface area contributed by atoms with Crippen LogP contribution >= 0.6 is 0 Å². The van der Waals surface area contributed by atoms with Gasteiger partial charge in [-0.25, -0.2) is 9.97 Å². The van der Waals surface area contributed by atoms with Crippen LogP contribution in [0.3, 0.4) is 0 Å². The van der Waals surface area contributed by atoms with Crippen LogP contribution < -0.4 is 9.80 Å². The van der Waals surface area contributed by atoms with E-state index in [1.54, 1.807) is 0 Å². The lowest BCUT2D eigenvalue weighted by Crippen LogP contribution is -2.24. The lowest BCUT2D eigenvalue weighted by atomic mass is 10.1. The van der Waals surface area contributed by atoms with Crippen molar-refractivity contribution in [2.75, 3.05) is 29.9 Å². The molecule has 7 heteroatoms. The smallest absolute Gasteiger partial charge is 0.353 e. The van der Waals surface area contributed by atoms with Gasteiger partial charge in [0.05, 0.1) is 10.6 Å². The first kappa shape index (κ1) is 19.5. The molecule has 0 aliphatic rings. The van der Waals surface area contributed by atoms with E-state index in [0.29, 0.717) is 24.7 Å². The molecule has 0 saturated heterocycles. The Bertz CT molecular complexity index is 971. The zero-order chi connectivity index (χ0) is 20.1. The van der Waals surface area contributed by atoms with Crippen molar-refractivity contribution >= 4 is 33.8 Å². The van der Waals surface area contributed by atoms with Crippen LogP contribution in [0, 0.1) is 10.1 Å². The predicted molar refractivity (Wildman–Crippen MR) is 113 cm³/mol. The topological polar surface area (TPSA) is 75.4 Å². The first-order valence-electron chi connectivity index (χ1n) is 9.54. The van der Waals surface area contributed by atoms with Crippen LogP contribution in [0.25, 0.3) is 10.8 Å². The van der Waals surface area contributed by atoms with Crippen molar-refractivity contribution in [2.45, 2.75) is 26.7 Å². The maximum absolute atomic E-state index is 12.0. The fourth-order valence-electron chi connectivity index (χ4n) is 3.38. The normalized spacial score (nSPS) is 10.8. The third-order valence-corrected chi connectivity index (χ3v) is 4.80. The van der Waals surface area contributed by atoms with Crippen LogP contribution in [0.1, 0.15) is 26.7 Å². The number of rotatable bonds is 8. The summed E-state index contributed by atoms with van der Waals surface area (Å²) < 4.78 is 0. The molecule has 3 aromatic rings. The number of benzene rings is 2. The SMILES string of the molecule is CCCCN(C)c1ncnc(N(CC)c2cccc3ccccc23)c1[N+](=O)[O-]. The van der Waals surface area contributed by atoms with Crippen LogP contribution in [-0.2, 0) is 0 Å². The van der Waals surface area contributed by atoms with E-state index in [1.807, 2.05) is 66.2 Å². The van der Waals surface area contributed by atoms with Crippen molar-refractivity contribution in [1.29, 1.82) is 0 Å². The number of hydrogen-bond donors (Lipinski definition) is 0. The van der Waals surface area contributed by atoms with Gasteiger partial charge in [0.15, 0.2) is 0 Å². The van der Waals surface area contributed by atoms with Crippen molar-refractivity contribution in [3.63, 3.8) is 0 Å². The molecule has 0 atom stereocenters. The molecule has 0 spiro atoms. The summed E-state index contributed by atoms with van der Waals surface area (Å²) in [5, 5.41) is 14.1. The second-order valence-electron chi connectivity index (χ2n) is 6.64. The van der Waals surface area contributed by atoms with Crippen molar-refractivity contribution in [1.82, 2.24) is 9.97 Å². The zero-order valence-corrected chi connectivity index (χ0v) is 16.5. The van der Waals surface area contributed by atoms with Gasteiger partial charge in [-0.3, -0.25) is 10.1 Å². The van der Waals surface area contributed by atoms with Crippen molar-refractivity contribution in [2.24, 2.45) is 0 Å². The van der Waals surface area contributed by atoms with Gasteiger partial charge in [0, 0.05) is 25.5 Å². The summed E-state index contributed by atoms with van der Waals surface area (Å²) in [4.78, 5) is 23.9. The largest absolute Gasteiger partial charge is 0.354 e. The Morgan fingerprint density at radius 1 is 1.04 bits per heavy atom. The van der Waals surface area contributed by atoms with Gasteiger partial charge in [0.1, 0.15) is 6.33 Å². The molecule has 0 N–H and O–H groups in total. The summed E-state index contributed by atoms with van der Waals surface area (Å²) in [6.45, 7) is 5.30. The van der Waals surface area contributed by atoms with Gasteiger partial charge < -0.3 is 9.80 Å². The number of nitrogens with zero attached hydrogens (tertiary/aromatic N) is 5. The van der Waals surface area contributed by atoms with Crippen molar-refractivity contribution < 1.29 is 4.92 Å². The predicted octanol–water partition coefficient (Wildman–Crippen LogP) is 4.93. The number of aromatic nitrogens is 2. The average molecular weight is 379 g/mol. The van der Waals surface area contributed by atoms with E-state index >= 15 is 0 Å². The van der Waals surface area contributed by atoms with E-state index in [0.717, 1.165) is 29.3 Å². The van der Waals surface area contributed by atoms with Gasteiger partial charge in [-0.05, 0) is 24.8 Å². The van der Waals surface area contributed by atoms with E-state index in [-0.39, 0.29) is 10.6 Å². The molecule has 0 fully saturated rings. The van der Waals surface area contributed by atoms with Crippen molar-refractivity contribution in [3.8, 4) is 0 Å². The minimum Gasteiger partial charge on any atom is -0.354 e. The molecule has 0 aliphatic carbocycles. The molecule has 146 valence electrons. The minimum atomic E-state index is -0.374. The molecule has 0 radical (unpaired) electrons. The van der Waals surface area contributed by atoms with Gasteiger partial charge >= 0.3 is 5.69 Å². The molecule has 0 bridgehead atoms. The summed E-state index contributed by atoms with van der Waals surface area (Å²) in [6.07, 6.45) is 3.36. The van der Waals surface area contributed by atoms with E-state index in [2.05, 4.69) is 16.9 Å². The number of unbranched alkanes of at least 4 members (excludes halogenated alkanes) is 1.